The maximum Gasteiger partial charge on any atom is 0.336 e. The first-order valence-electron chi connectivity index (χ1n) is 5.96. The number of carboxylic acids is 1. The van der Waals surface area contributed by atoms with Crippen molar-refractivity contribution in [2.24, 2.45) is 0 Å². The summed E-state index contributed by atoms with van der Waals surface area (Å²) in [5.41, 5.74) is 1.18. The molecule has 0 saturated carbocycles. The van der Waals surface area contributed by atoms with Crippen LogP contribution in [0.3, 0.4) is 0 Å². The number of hydrogen-bond acceptors (Lipinski definition) is 2. The Kier molecular flexibility index (Phi) is 4.15. The molecule has 0 spiro atoms. The van der Waals surface area contributed by atoms with E-state index in [0.29, 0.717) is 16.9 Å². The zero-order valence-corrected chi connectivity index (χ0v) is 10.8. The maximum absolute atomic E-state index is 12.9. The van der Waals surface area contributed by atoms with Crippen LogP contribution in [0.15, 0.2) is 48.5 Å². The van der Waals surface area contributed by atoms with Gasteiger partial charge >= 0.3 is 5.97 Å². The maximum atomic E-state index is 12.9. The minimum Gasteiger partial charge on any atom is -0.496 e. The van der Waals surface area contributed by atoms with E-state index < -0.39 is 5.97 Å². The van der Waals surface area contributed by atoms with Crippen molar-refractivity contribution < 1.29 is 19.0 Å². The number of rotatable bonds is 4. The van der Waals surface area contributed by atoms with Gasteiger partial charge in [0, 0.05) is 5.56 Å². The number of benzene rings is 2. The third-order valence-corrected chi connectivity index (χ3v) is 2.81. The third kappa shape index (κ3) is 3.03. The lowest BCUT2D eigenvalue weighted by Gasteiger charge is -2.09. The molecule has 0 atom stereocenters. The molecule has 0 saturated heterocycles. The molecule has 3 nitrogen and oxygen atoms in total. The molecule has 20 heavy (non-hydrogen) atoms. The van der Waals surface area contributed by atoms with Crippen molar-refractivity contribution >= 4 is 17.6 Å². The van der Waals surface area contributed by atoms with E-state index in [9.17, 15) is 14.3 Å². The quantitative estimate of drug-likeness (QED) is 0.685. The highest BCUT2D eigenvalue weighted by Crippen LogP contribution is 2.27. The standard InChI is InChI=1S/C16H13FO3/c1-20-15-5-3-2-4-13(15)14(16(18)19)10-11-6-8-12(17)9-7-11/h2-10H,1H3,(H,18,19)/b14-10+. The van der Waals surface area contributed by atoms with Crippen LogP contribution in [0, 0.1) is 5.82 Å². The zero-order valence-electron chi connectivity index (χ0n) is 10.8. The summed E-state index contributed by atoms with van der Waals surface area (Å²) in [6, 6.07) is 12.5. The van der Waals surface area contributed by atoms with Crippen LogP contribution in [0.5, 0.6) is 5.75 Å². The molecule has 2 aromatic rings. The minimum absolute atomic E-state index is 0.0917. The van der Waals surface area contributed by atoms with Gasteiger partial charge in [-0.1, -0.05) is 30.3 Å². The van der Waals surface area contributed by atoms with Crippen LogP contribution < -0.4 is 4.74 Å². The largest absolute Gasteiger partial charge is 0.496 e. The molecule has 0 heterocycles. The van der Waals surface area contributed by atoms with Gasteiger partial charge < -0.3 is 9.84 Å². The van der Waals surface area contributed by atoms with Crippen LogP contribution in [0.1, 0.15) is 11.1 Å². The number of halogens is 1. The summed E-state index contributed by atoms with van der Waals surface area (Å²) in [5, 5.41) is 9.36. The molecule has 0 aliphatic rings. The Morgan fingerprint density at radius 1 is 1.15 bits per heavy atom. The number of carbonyl (C=O) groups is 1. The van der Waals surface area contributed by atoms with Gasteiger partial charge in [-0.25, -0.2) is 9.18 Å². The fourth-order valence-electron chi connectivity index (χ4n) is 1.85. The Balaban J connectivity index is 2.51. The minimum atomic E-state index is -1.07. The second kappa shape index (κ2) is 6.02. The van der Waals surface area contributed by atoms with E-state index in [1.807, 2.05) is 0 Å². The van der Waals surface area contributed by atoms with Gasteiger partial charge in [-0.05, 0) is 29.8 Å². The van der Waals surface area contributed by atoms with Crippen molar-refractivity contribution in [3.8, 4) is 5.75 Å². The predicted octanol–water partition coefficient (Wildman–Crippen LogP) is 3.46. The Morgan fingerprint density at radius 3 is 2.40 bits per heavy atom. The second-order valence-corrected chi connectivity index (χ2v) is 4.12. The Morgan fingerprint density at radius 2 is 1.80 bits per heavy atom. The van der Waals surface area contributed by atoms with Gasteiger partial charge in [-0.2, -0.15) is 0 Å². The average Bonchev–Trinajstić information content (AvgIpc) is 2.46. The number of methoxy groups -OCH3 is 1. The normalized spacial score (nSPS) is 11.2. The smallest absolute Gasteiger partial charge is 0.336 e. The summed E-state index contributed by atoms with van der Waals surface area (Å²) >= 11 is 0. The van der Waals surface area contributed by atoms with E-state index in [-0.39, 0.29) is 11.4 Å². The van der Waals surface area contributed by atoms with Crippen molar-refractivity contribution in [1.82, 2.24) is 0 Å². The molecule has 0 aromatic heterocycles. The van der Waals surface area contributed by atoms with Crippen LogP contribution in [0.4, 0.5) is 4.39 Å². The van der Waals surface area contributed by atoms with Gasteiger partial charge in [0.05, 0.1) is 12.7 Å². The molecule has 0 fully saturated rings. The zero-order chi connectivity index (χ0) is 14.5. The lowest BCUT2D eigenvalue weighted by molar-refractivity contribution is -0.130. The Labute approximate surface area is 115 Å². The van der Waals surface area contributed by atoms with Gasteiger partial charge in [0.1, 0.15) is 11.6 Å². The summed E-state index contributed by atoms with van der Waals surface area (Å²) in [7, 11) is 1.48. The second-order valence-electron chi connectivity index (χ2n) is 4.12. The highest BCUT2D eigenvalue weighted by atomic mass is 19.1. The first kappa shape index (κ1) is 13.8. The number of para-hydroxylation sites is 1. The SMILES string of the molecule is COc1ccccc1/C(=C\c1ccc(F)cc1)C(=O)O. The number of aliphatic carboxylic acids is 1. The molecule has 0 bridgehead atoms. The fourth-order valence-corrected chi connectivity index (χ4v) is 1.85. The lowest BCUT2D eigenvalue weighted by Crippen LogP contribution is -2.01. The summed E-state index contributed by atoms with van der Waals surface area (Å²) in [4.78, 5) is 11.4. The van der Waals surface area contributed by atoms with E-state index in [2.05, 4.69) is 0 Å². The summed E-state index contributed by atoms with van der Waals surface area (Å²) in [5.74, 6) is -0.960. The fraction of sp³-hybridized carbons (Fsp3) is 0.0625. The molecular formula is C16H13FO3. The Bertz CT molecular complexity index is 645. The van der Waals surface area contributed by atoms with Crippen molar-refractivity contribution in [3.63, 3.8) is 0 Å². The summed E-state index contributed by atoms with van der Waals surface area (Å²) < 4.78 is 18.0. The van der Waals surface area contributed by atoms with E-state index >= 15 is 0 Å². The predicted molar refractivity (Wildman–Crippen MR) is 74.9 cm³/mol. The molecule has 2 aromatic carbocycles. The van der Waals surface area contributed by atoms with Crippen molar-refractivity contribution in [2.75, 3.05) is 7.11 Å². The van der Waals surface area contributed by atoms with E-state index in [1.165, 1.54) is 37.5 Å². The topological polar surface area (TPSA) is 46.5 Å². The van der Waals surface area contributed by atoms with Crippen LogP contribution >= 0.6 is 0 Å². The molecule has 0 aliphatic carbocycles. The molecule has 4 heteroatoms. The highest BCUT2D eigenvalue weighted by molar-refractivity contribution is 6.21. The number of carboxylic acid groups (broad SMARTS) is 1. The van der Waals surface area contributed by atoms with E-state index in [4.69, 9.17) is 4.74 Å². The van der Waals surface area contributed by atoms with Gasteiger partial charge in [0.15, 0.2) is 0 Å². The van der Waals surface area contributed by atoms with Crippen molar-refractivity contribution in [3.05, 3.63) is 65.5 Å². The van der Waals surface area contributed by atoms with Gasteiger partial charge in [-0.15, -0.1) is 0 Å². The van der Waals surface area contributed by atoms with E-state index in [0.717, 1.165) is 0 Å². The van der Waals surface area contributed by atoms with Crippen LogP contribution in [-0.4, -0.2) is 18.2 Å². The molecule has 0 radical (unpaired) electrons. The van der Waals surface area contributed by atoms with Gasteiger partial charge in [0.25, 0.3) is 0 Å². The van der Waals surface area contributed by atoms with Crippen LogP contribution in [0.2, 0.25) is 0 Å². The molecule has 1 N–H and O–H groups in total. The third-order valence-electron chi connectivity index (χ3n) is 2.81. The molecule has 2 rings (SSSR count). The molecule has 0 amide bonds. The molecular weight excluding hydrogens is 259 g/mol. The first-order valence-corrected chi connectivity index (χ1v) is 5.96. The van der Waals surface area contributed by atoms with Crippen molar-refractivity contribution in [2.45, 2.75) is 0 Å². The van der Waals surface area contributed by atoms with Crippen LogP contribution in [0.25, 0.3) is 11.6 Å². The van der Waals surface area contributed by atoms with Gasteiger partial charge in [0.2, 0.25) is 0 Å². The molecule has 102 valence electrons. The Hall–Kier alpha value is -2.62. The molecule has 0 aliphatic heterocycles. The monoisotopic (exact) mass is 272 g/mol. The summed E-state index contributed by atoms with van der Waals surface area (Å²) in [6.07, 6.45) is 1.49. The van der Waals surface area contributed by atoms with E-state index in [1.54, 1.807) is 24.3 Å². The summed E-state index contributed by atoms with van der Waals surface area (Å²) in [6.45, 7) is 0. The first-order chi connectivity index (χ1) is 9.61. The number of ether oxygens (including phenoxy) is 1. The van der Waals surface area contributed by atoms with Crippen LogP contribution in [-0.2, 0) is 4.79 Å². The highest BCUT2D eigenvalue weighted by Gasteiger charge is 2.14. The average molecular weight is 272 g/mol. The van der Waals surface area contributed by atoms with Crippen molar-refractivity contribution in [1.29, 1.82) is 0 Å². The number of hydrogen-bond donors (Lipinski definition) is 1. The van der Waals surface area contributed by atoms with Gasteiger partial charge in [-0.3, -0.25) is 0 Å². The molecule has 0 unspecified atom stereocenters. The lowest BCUT2D eigenvalue weighted by atomic mass is 10.0.